The molecule has 0 spiro atoms. The minimum atomic E-state index is -0.633. The Kier molecular flexibility index (Phi) is 3.61. The average molecular weight is 239 g/mol. The summed E-state index contributed by atoms with van der Waals surface area (Å²) in [6.07, 6.45) is 0. The molecule has 1 aliphatic heterocycles. The maximum atomic E-state index is 11.2. The molecule has 1 fully saturated rings. The Morgan fingerprint density at radius 1 is 1.38 bits per heavy atom. The number of aromatic hydroxyl groups is 1. The van der Waals surface area contributed by atoms with Crippen LogP contribution in [0.4, 0.5) is 0 Å². The SMILES string of the molecule is Cc1ccc(O)c(CN2CCS(=O)CC2)c1. The summed E-state index contributed by atoms with van der Waals surface area (Å²) < 4.78 is 11.2. The fraction of sp³-hybridized carbons (Fsp3) is 0.500. The summed E-state index contributed by atoms with van der Waals surface area (Å²) >= 11 is 0. The molecular formula is C12H17NO2S. The van der Waals surface area contributed by atoms with Gasteiger partial charge in [-0.05, 0) is 13.0 Å². The van der Waals surface area contributed by atoms with Gasteiger partial charge >= 0.3 is 0 Å². The molecule has 1 N–H and O–H groups in total. The van der Waals surface area contributed by atoms with E-state index in [1.54, 1.807) is 6.07 Å². The summed E-state index contributed by atoms with van der Waals surface area (Å²) in [6, 6.07) is 5.66. The van der Waals surface area contributed by atoms with Crippen molar-refractivity contribution in [2.45, 2.75) is 13.5 Å². The summed E-state index contributed by atoms with van der Waals surface area (Å²) in [6.45, 7) is 4.50. The van der Waals surface area contributed by atoms with Crippen LogP contribution in [0.3, 0.4) is 0 Å². The molecule has 0 unspecified atom stereocenters. The van der Waals surface area contributed by atoms with E-state index in [0.717, 1.165) is 42.3 Å². The predicted octanol–water partition coefficient (Wildman–Crippen LogP) is 1.26. The maximum absolute atomic E-state index is 11.2. The van der Waals surface area contributed by atoms with Crippen molar-refractivity contribution >= 4 is 10.8 Å². The molecule has 0 radical (unpaired) electrons. The van der Waals surface area contributed by atoms with Crippen LogP contribution in [0.1, 0.15) is 11.1 Å². The van der Waals surface area contributed by atoms with E-state index in [9.17, 15) is 9.32 Å². The third-order valence-electron chi connectivity index (χ3n) is 2.90. The number of benzene rings is 1. The molecule has 0 amide bonds. The highest BCUT2D eigenvalue weighted by molar-refractivity contribution is 7.85. The van der Waals surface area contributed by atoms with Crippen molar-refractivity contribution in [3.05, 3.63) is 29.3 Å². The van der Waals surface area contributed by atoms with Crippen LogP contribution < -0.4 is 0 Å². The minimum absolute atomic E-state index is 0.359. The van der Waals surface area contributed by atoms with Gasteiger partial charge in [-0.2, -0.15) is 0 Å². The van der Waals surface area contributed by atoms with Crippen LogP contribution in [0.15, 0.2) is 18.2 Å². The molecule has 16 heavy (non-hydrogen) atoms. The zero-order chi connectivity index (χ0) is 11.5. The van der Waals surface area contributed by atoms with Gasteiger partial charge in [-0.3, -0.25) is 9.11 Å². The standard InChI is InChI=1S/C12H17NO2S/c1-10-2-3-12(14)11(8-10)9-13-4-6-16(15)7-5-13/h2-3,8,14H,4-7,9H2,1H3. The Labute approximate surface area is 98.5 Å². The van der Waals surface area contributed by atoms with Gasteiger partial charge in [-0.25, -0.2) is 0 Å². The summed E-state index contributed by atoms with van der Waals surface area (Å²) in [4.78, 5) is 2.25. The highest BCUT2D eigenvalue weighted by atomic mass is 32.2. The van der Waals surface area contributed by atoms with E-state index in [0.29, 0.717) is 5.75 Å². The Hall–Kier alpha value is -0.870. The zero-order valence-corrected chi connectivity index (χ0v) is 10.3. The molecule has 3 nitrogen and oxygen atoms in total. The van der Waals surface area contributed by atoms with Crippen molar-refractivity contribution < 1.29 is 9.32 Å². The number of hydrogen-bond acceptors (Lipinski definition) is 3. The molecule has 1 heterocycles. The van der Waals surface area contributed by atoms with Gasteiger partial charge in [0.05, 0.1) is 0 Å². The number of phenols is 1. The Morgan fingerprint density at radius 3 is 2.75 bits per heavy atom. The highest BCUT2D eigenvalue weighted by Gasteiger charge is 2.16. The maximum Gasteiger partial charge on any atom is 0.120 e. The van der Waals surface area contributed by atoms with Crippen molar-refractivity contribution in [2.24, 2.45) is 0 Å². The Morgan fingerprint density at radius 2 is 2.06 bits per heavy atom. The van der Waals surface area contributed by atoms with Gasteiger partial charge in [-0.1, -0.05) is 17.7 Å². The molecule has 1 saturated heterocycles. The molecule has 2 rings (SSSR count). The zero-order valence-electron chi connectivity index (χ0n) is 9.48. The molecule has 1 aliphatic rings. The van der Waals surface area contributed by atoms with Crippen LogP contribution >= 0.6 is 0 Å². The summed E-state index contributed by atoms with van der Waals surface area (Å²) in [5, 5.41) is 9.73. The number of hydrogen-bond donors (Lipinski definition) is 1. The van der Waals surface area contributed by atoms with E-state index in [1.165, 1.54) is 0 Å². The van der Waals surface area contributed by atoms with E-state index in [1.807, 2.05) is 19.1 Å². The molecule has 0 aliphatic carbocycles. The van der Waals surface area contributed by atoms with E-state index >= 15 is 0 Å². The summed E-state index contributed by atoms with van der Waals surface area (Å²) in [5.74, 6) is 1.87. The van der Waals surface area contributed by atoms with Gasteiger partial charge < -0.3 is 5.11 Å². The topological polar surface area (TPSA) is 40.5 Å². The number of nitrogens with zero attached hydrogens (tertiary/aromatic N) is 1. The van der Waals surface area contributed by atoms with Gasteiger partial charge in [0.15, 0.2) is 0 Å². The number of rotatable bonds is 2. The van der Waals surface area contributed by atoms with Gasteiger partial charge in [0.25, 0.3) is 0 Å². The lowest BCUT2D eigenvalue weighted by Crippen LogP contribution is -2.37. The van der Waals surface area contributed by atoms with E-state index in [4.69, 9.17) is 0 Å². The van der Waals surface area contributed by atoms with Gasteiger partial charge in [0, 0.05) is 47.5 Å². The molecule has 0 bridgehead atoms. The Balaban J connectivity index is 2.03. The highest BCUT2D eigenvalue weighted by Crippen LogP contribution is 2.20. The first kappa shape index (κ1) is 11.6. The van der Waals surface area contributed by atoms with Crippen LogP contribution in [0, 0.1) is 6.92 Å². The second kappa shape index (κ2) is 4.97. The van der Waals surface area contributed by atoms with E-state index in [2.05, 4.69) is 4.90 Å². The van der Waals surface area contributed by atoms with Crippen molar-refractivity contribution in [1.82, 2.24) is 4.90 Å². The first-order valence-electron chi connectivity index (χ1n) is 5.51. The van der Waals surface area contributed by atoms with Crippen LogP contribution in [-0.4, -0.2) is 38.8 Å². The average Bonchev–Trinajstić information content (AvgIpc) is 2.27. The number of aryl methyl sites for hydroxylation is 1. The van der Waals surface area contributed by atoms with Gasteiger partial charge in [-0.15, -0.1) is 0 Å². The quantitative estimate of drug-likeness (QED) is 0.845. The second-order valence-corrected chi connectivity index (χ2v) is 5.95. The van der Waals surface area contributed by atoms with E-state index in [-0.39, 0.29) is 0 Å². The Bertz CT molecular complexity index is 396. The smallest absolute Gasteiger partial charge is 0.120 e. The molecule has 0 saturated carbocycles. The summed E-state index contributed by atoms with van der Waals surface area (Å²) in [7, 11) is -0.633. The fourth-order valence-electron chi connectivity index (χ4n) is 1.92. The van der Waals surface area contributed by atoms with Crippen molar-refractivity contribution in [3.8, 4) is 5.75 Å². The lowest BCUT2D eigenvalue weighted by atomic mass is 10.1. The number of phenolic OH excluding ortho intramolecular Hbond substituents is 1. The molecule has 0 atom stereocenters. The predicted molar refractivity (Wildman–Crippen MR) is 66.0 cm³/mol. The summed E-state index contributed by atoms with van der Waals surface area (Å²) in [5.41, 5.74) is 2.13. The molecule has 1 aromatic rings. The lowest BCUT2D eigenvalue weighted by Gasteiger charge is -2.26. The van der Waals surface area contributed by atoms with Gasteiger partial charge in [0.1, 0.15) is 5.75 Å². The third-order valence-corrected chi connectivity index (χ3v) is 4.18. The van der Waals surface area contributed by atoms with Crippen LogP contribution in [0.2, 0.25) is 0 Å². The lowest BCUT2D eigenvalue weighted by molar-refractivity contribution is 0.286. The third kappa shape index (κ3) is 2.83. The fourth-order valence-corrected chi connectivity index (χ4v) is 3.04. The largest absolute Gasteiger partial charge is 0.508 e. The first-order valence-corrected chi connectivity index (χ1v) is 7.00. The van der Waals surface area contributed by atoms with Gasteiger partial charge in [0.2, 0.25) is 0 Å². The molecular weight excluding hydrogens is 222 g/mol. The van der Waals surface area contributed by atoms with Crippen molar-refractivity contribution in [3.63, 3.8) is 0 Å². The monoisotopic (exact) mass is 239 g/mol. The minimum Gasteiger partial charge on any atom is -0.508 e. The molecule has 1 aromatic carbocycles. The van der Waals surface area contributed by atoms with Crippen molar-refractivity contribution in [2.75, 3.05) is 24.6 Å². The molecule has 88 valence electrons. The second-order valence-electron chi connectivity index (χ2n) is 4.26. The molecule has 4 heteroatoms. The normalized spacial score (nSPS) is 18.8. The van der Waals surface area contributed by atoms with Crippen LogP contribution in [0.25, 0.3) is 0 Å². The van der Waals surface area contributed by atoms with E-state index < -0.39 is 10.8 Å². The van der Waals surface area contributed by atoms with Crippen LogP contribution in [0.5, 0.6) is 5.75 Å². The van der Waals surface area contributed by atoms with Crippen molar-refractivity contribution in [1.29, 1.82) is 0 Å². The molecule has 0 aromatic heterocycles. The van der Waals surface area contributed by atoms with Crippen LogP contribution in [-0.2, 0) is 17.3 Å². The first-order chi connectivity index (χ1) is 7.65.